The second kappa shape index (κ2) is 8.08. The van der Waals surface area contributed by atoms with E-state index in [-0.39, 0.29) is 24.0 Å². The van der Waals surface area contributed by atoms with Gasteiger partial charge in [0.15, 0.2) is 0 Å². The highest BCUT2D eigenvalue weighted by Gasteiger charge is 2.35. The van der Waals surface area contributed by atoms with E-state index in [1.54, 1.807) is 37.4 Å². The van der Waals surface area contributed by atoms with Gasteiger partial charge in [-0.2, -0.15) is 5.26 Å². The molecule has 3 aromatic rings. The smallest absolute Gasteiger partial charge is 0.324 e. The number of hydrogen-bond acceptors (Lipinski definition) is 5. The van der Waals surface area contributed by atoms with Crippen molar-refractivity contribution >= 4 is 40.3 Å². The van der Waals surface area contributed by atoms with Crippen molar-refractivity contribution in [3.8, 4) is 6.07 Å². The van der Waals surface area contributed by atoms with E-state index in [1.807, 2.05) is 24.3 Å². The SMILES string of the molecule is Cn1c(=O)n(CC(=O)N2CSCC2C(=O)Nc2ccc(C#N)cc2)c2ccccc21. The fraction of sp³-hybridized carbons (Fsp3) is 0.238. The van der Waals surface area contributed by atoms with Gasteiger partial charge in [0.1, 0.15) is 12.6 Å². The molecule has 1 fully saturated rings. The van der Waals surface area contributed by atoms with Gasteiger partial charge in [0.25, 0.3) is 0 Å². The minimum absolute atomic E-state index is 0.124. The van der Waals surface area contributed by atoms with Crippen LogP contribution in [0.25, 0.3) is 11.0 Å². The van der Waals surface area contributed by atoms with Crippen LogP contribution in [0, 0.1) is 11.3 Å². The van der Waals surface area contributed by atoms with Crippen LogP contribution in [0.1, 0.15) is 5.56 Å². The van der Waals surface area contributed by atoms with Crippen LogP contribution in [0.3, 0.4) is 0 Å². The highest BCUT2D eigenvalue weighted by molar-refractivity contribution is 7.99. The summed E-state index contributed by atoms with van der Waals surface area (Å²) in [4.78, 5) is 39.9. The molecule has 1 aliphatic rings. The van der Waals surface area contributed by atoms with Crippen molar-refractivity contribution in [3.63, 3.8) is 0 Å². The molecule has 0 spiro atoms. The summed E-state index contributed by atoms with van der Waals surface area (Å²) in [5.41, 5.74) is 2.23. The number of rotatable bonds is 4. The number of aryl methyl sites for hydroxylation is 1. The number of thioether (sulfide) groups is 1. The van der Waals surface area contributed by atoms with Crippen molar-refractivity contribution in [2.24, 2.45) is 7.05 Å². The molecule has 1 aliphatic heterocycles. The van der Waals surface area contributed by atoms with Crippen LogP contribution in [0.15, 0.2) is 53.3 Å². The lowest BCUT2D eigenvalue weighted by Gasteiger charge is -2.23. The third-order valence-corrected chi connectivity index (χ3v) is 6.14. The minimum Gasteiger partial charge on any atom is -0.324 e. The molecule has 2 amide bonds. The number of nitriles is 1. The maximum absolute atomic E-state index is 13.0. The van der Waals surface area contributed by atoms with Gasteiger partial charge in [0, 0.05) is 18.5 Å². The van der Waals surface area contributed by atoms with Crippen molar-refractivity contribution in [3.05, 3.63) is 64.6 Å². The largest absolute Gasteiger partial charge is 0.329 e. The number of nitrogens with one attached hydrogen (secondary N) is 1. The van der Waals surface area contributed by atoms with Gasteiger partial charge in [-0.25, -0.2) is 4.79 Å². The van der Waals surface area contributed by atoms with Gasteiger partial charge in [0.2, 0.25) is 11.8 Å². The summed E-state index contributed by atoms with van der Waals surface area (Å²) in [5, 5.41) is 11.7. The molecule has 30 heavy (non-hydrogen) atoms. The van der Waals surface area contributed by atoms with E-state index in [0.29, 0.717) is 28.4 Å². The first-order valence-electron chi connectivity index (χ1n) is 9.32. The maximum atomic E-state index is 13.0. The molecule has 9 heteroatoms. The zero-order chi connectivity index (χ0) is 21.3. The summed E-state index contributed by atoms with van der Waals surface area (Å²) < 4.78 is 2.95. The Hall–Kier alpha value is -3.51. The number of nitrogens with zero attached hydrogens (tertiary/aromatic N) is 4. The number of carbonyl (C=O) groups is 2. The predicted molar refractivity (Wildman–Crippen MR) is 115 cm³/mol. The third kappa shape index (κ3) is 3.57. The maximum Gasteiger partial charge on any atom is 0.329 e. The monoisotopic (exact) mass is 421 g/mol. The number of amides is 2. The molecule has 0 saturated carbocycles. The first-order chi connectivity index (χ1) is 14.5. The number of hydrogen-bond donors (Lipinski definition) is 1. The Morgan fingerprint density at radius 2 is 1.87 bits per heavy atom. The van der Waals surface area contributed by atoms with Gasteiger partial charge in [-0.3, -0.25) is 18.7 Å². The Morgan fingerprint density at radius 3 is 2.57 bits per heavy atom. The second-order valence-corrected chi connectivity index (χ2v) is 7.97. The highest BCUT2D eigenvalue weighted by atomic mass is 32.2. The normalized spacial score (nSPS) is 15.9. The lowest BCUT2D eigenvalue weighted by Crippen LogP contribution is -2.46. The first kappa shape index (κ1) is 19.8. The molecule has 1 atom stereocenters. The van der Waals surface area contributed by atoms with E-state index in [4.69, 9.17) is 5.26 Å². The molecular formula is C21H19N5O3S. The van der Waals surface area contributed by atoms with E-state index >= 15 is 0 Å². The molecule has 4 rings (SSSR count). The number of fused-ring (bicyclic) bond motifs is 1. The molecule has 8 nitrogen and oxygen atoms in total. The fourth-order valence-corrected chi connectivity index (χ4v) is 4.68. The summed E-state index contributed by atoms with van der Waals surface area (Å²) >= 11 is 1.50. The van der Waals surface area contributed by atoms with Crippen LogP contribution in [-0.4, -0.2) is 43.5 Å². The molecule has 0 bridgehead atoms. The molecular weight excluding hydrogens is 402 g/mol. The molecule has 152 valence electrons. The number of carbonyl (C=O) groups excluding carboxylic acids is 2. The van der Waals surface area contributed by atoms with Crippen LogP contribution in [-0.2, 0) is 23.2 Å². The Balaban J connectivity index is 1.51. The number of aromatic nitrogens is 2. The summed E-state index contributed by atoms with van der Waals surface area (Å²) in [5.74, 6) is 0.309. The van der Waals surface area contributed by atoms with Crippen molar-refractivity contribution < 1.29 is 9.59 Å². The minimum atomic E-state index is -0.621. The van der Waals surface area contributed by atoms with E-state index in [1.165, 1.54) is 25.8 Å². The number of imidazole rings is 1. The topological polar surface area (TPSA) is 100 Å². The van der Waals surface area contributed by atoms with E-state index in [0.717, 1.165) is 5.52 Å². The van der Waals surface area contributed by atoms with Gasteiger partial charge < -0.3 is 10.2 Å². The Labute approximate surface area is 176 Å². The Bertz CT molecular complexity index is 1220. The van der Waals surface area contributed by atoms with Crippen molar-refractivity contribution in [2.75, 3.05) is 16.9 Å². The van der Waals surface area contributed by atoms with Crippen molar-refractivity contribution in [2.45, 2.75) is 12.6 Å². The van der Waals surface area contributed by atoms with Gasteiger partial charge in [-0.1, -0.05) is 12.1 Å². The van der Waals surface area contributed by atoms with Crippen molar-refractivity contribution in [1.82, 2.24) is 14.0 Å². The molecule has 0 radical (unpaired) electrons. The summed E-state index contributed by atoms with van der Waals surface area (Å²) in [6, 6.07) is 15.3. The standard InChI is InChI=1S/C21H19N5O3S/c1-24-16-4-2-3-5-17(16)25(21(24)29)11-19(27)26-13-30-12-18(26)20(28)23-15-8-6-14(10-22)7-9-15/h2-9,18H,11-13H2,1H3,(H,23,28). The number of anilines is 1. The van der Waals surface area contributed by atoms with Gasteiger partial charge in [0.05, 0.1) is 28.5 Å². The third-order valence-electron chi connectivity index (χ3n) is 5.13. The average molecular weight is 421 g/mol. The zero-order valence-electron chi connectivity index (χ0n) is 16.2. The van der Waals surface area contributed by atoms with Crippen LogP contribution in [0.2, 0.25) is 0 Å². The van der Waals surface area contributed by atoms with Crippen molar-refractivity contribution in [1.29, 1.82) is 5.26 Å². The van der Waals surface area contributed by atoms with E-state index < -0.39 is 6.04 Å². The zero-order valence-corrected chi connectivity index (χ0v) is 17.1. The number of para-hydroxylation sites is 2. The fourth-order valence-electron chi connectivity index (χ4n) is 3.50. The van der Waals surface area contributed by atoms with Gasteiger partial charge in [-0.15, -0.1) is 11.8 Å². The molecule has 0 aliphatic carbocycles. The van der Waals surface area contributed by atoms with E-state index in [2.05, 4.69) is 5.32 Å². The summed E-state index contributed by atoms with van der Waals surface area (Å²) in [6.07, 6.45) is 0. The molecule has 2 heterocycles. The molecule has 1 saturated heterocycles. The van der Waals surface area contributed by atoms with Gasteiger partial charge >= 0.3 is 5.69 Å². The quantitative estimate of drug-likeness (QED) is 0.692. The number of benzene rings is 2. The summed E-state index contributed by atoms with van der Waals surface area (Å²) in [7, 11) is 1.67. The summed E-state index contributed by atoms with van der Waals surface area (Å²) in [6.45, 7) is -0.124. The average Bonchev–Trinajstić information content (AvgIpc) is 3.35. The molecule has 1 unspecified atom stereocenters. The molecule has 1 N–H and O–H groups in total. The Kier molecular flexibility index (Phi) is 5.33. The van der Waals surface area contributed by atoms with Crippen LogP contribution >= 0.6 is 11.8 Å². The van der Waals surface area contributed by atoms with Crippen LogP contribution in [0.4, 0.5) is 5.69 Å². The molecule has 1 aromatic heterocycles. The lowest BCUT2D eigenvalue weighted by atomic mass is 10.2. The van der Waals surface area contributed by atoms with E-state index in [9.17, 15) is 14.4 Å². The van der Waals surface area contributed by atoms with Gasteiger partial charge in [-0.05, 0) is 36.4 Å². The second-order valence-electron chi connectivity index (χ2n) is 6.97. The Morgan fingerprint density at radius 1 is 1.17 bits per heavy atom. The lowest BCUT2D eigenvalue weighted by molar-refractivity contribution is -0.136. The molecule has 2 aromatic carbocycles. The van der Waals surface area contributed by atoms with Crippen LogP contribution in [0.5, 0.6) is 0 Å². The van der Waals surface area contributed by atoms with Crippen LogP contribution < -0.4 is 11.0 Å². The highest BCUT2D eigenvalue weighted by Crippen LogP contribution is 2.23. The first-order valence-corrected chi connectivity index (χ1v) is 10.5. The predicted octanol–water partition coefficient (Wildman–Crippen LogP) is 1.75.